The van der Waals surface area contributed by atoms with Gasteiger partial charge in [0.25, 0.3) is 0 Å². The van der Waals surface area contributed by atoms with Crippen LogP contribution in [0.4, 0.5) is 0 Å². The lowest BCUT2D eigenvalue weighted by Gasteiger charge is -2.06. The Hall–Kier alpha value is -1.40. The van der Waals surface area contributed by atoms with Crippen molar-refractivity contribution in [1.29, 1.82) is 0 Å². The van der Waals surface area contributed by atoms with Crippen LogP contribution in [0, 0.1) is 5.92 Å². The molecule has 1 saturated carbocycles. The van der Waals surface area contributed by atoms with E-state index in [4.69, 9.17) is 9.84 Å². The normalized spacial score (nSPS) is 15.2. The maximum atomic E-state index is 12.0. The van der Waals surface area contributed by atoms with Crippen molar-refractivity contribution in [3.63, 3.8) is 0 Å². The van der Waals surface area contributed by atoms with E-state index in [1.807, 2.05) is 0 Å². The first-order valence-electron chi connectivity index (χ1n) is 6.63. The largest absolute Gasteiger partial charge is 0.478 e. The zero-order chi connectivity index (χ0) is 14.6. The number of benzene rings is 1. The van der Waals surface area contributed by atoms with Crippen LogP contribution in [-0.4, -0.2) is 38.5 Å². The van der Waals surface area contributed by atoms with E-state index < -0.39 is 15.8 Å². The molecule has 0 amide bonds. The molecular weight excluding hydrogens is 280 g/mol. The van der Waals surface area contributed by atoms with Crippen molar-refractivity contribution in [1.82, 2.24) is 0 Å². The molecule has 0 radical (unpaired) electrons. The van der Waals surface area contributed by atoms with Crippen LogP contribution in [0.2, 0.25) is 0 Å². The molecule has 0 heterocycles. The van der Waals surface area contributed by atoms with Gasteiger partial charge in [-0.1, -0.05) is 18.9 Å². The van der Waals surface area contributed by atoms with Crippen molar-refractivity contribution in [2.45, 2.75) is 24.2 Å². The number of hydrogen-bond acceptors (Lipinski definition) is 4. The van der Waals surface area contributed by atoms with Gasteiger partial charge >= 0.3 is 5.97 Å². The van der Waals surface area contributed by atoms with Crippen molar-refractivity contribution in [3.8, 4) is 0 Å². The van der Waals surface area contributed by atoms with E-state index in [1.54, 1.807) is 0 Å². The number of sulfone groups is 1. The summed E-state index contributed by atoms with van der Waals surface area (Å²) in [6.07, 6.45) is 3.50. The summed E-state index contributed by atoms with van der Waals surface area (Å²) in [5, 5.41) is 8.86. The second-order valence-electron chi connectivity index (χ2n) is 5.00. The Bertz CT molecular complexity index is 575. The zero-order valence-electron chi connectivity index (χ0n) is 11.1. The number of ether oxygens (including phenoxy) is 1. The minimum atomic E-state index is -3.49. The highest BCUT2D eigenvalue weighted by Gasteiger charge is 2.21. The van der Waals surface area contributed by atoms with Gasteiger partial charge in [-0.3, -0.25) is 0 Å². The fourth-order valence-corrected chi connectivity index (χ4v) is 3.03. The van der Waals surface area contributed by atoms with Crippen LogP contribution < -0.4 is 0 Å². The Labute approximate surface area is 118 Å². The SMILES string of the molecule is O=C(O)c1cccc(S(=O)(=O)CCOCCC2CC2)c1. The van der Waals surface area contributed by atoms with E-state index in [9.17, 15) is 13.2 Å². The fraction of sp³-hybridized carbons (Fsp3) is 0.500. The first-order chi connectivity index (χ1) is 9.49. The summed E-state index contributed by atoms with van der Waals surface area (Å²) >= 11 is 0. The van der Waals surface area contributed by atoms with Crippen molar-refractivity contribution >= 4 is 15.8 Å². The molecule has 0 saturated heterocycles. The van der Waals surface area contributed by atoms with Crippen LogP contribution in [0.5, 0.6) is 0 Å². The van der Waals surface area contributed by atoms with E-state index in [0.717, 1.165) is 12.3 Å². The van der Waals surface area contributed by atoms with Crippen LogP contribution in [0.25, 0.3) is 0 Å². The van der Waals surface area contributed by atoms with Gasteiger partial charge in [0, 0.05) is 6.61 Å². The highest BCUT2D eigenvalue weighted by molar-refractivity contribution is 7.91. The van der Waals surface area contributed by atoms with Crippen molar-refractivity contribution in [2.75, 3.05) is 19.0 Å². The van der Waals surface area contributed by atoms with Gasteiger partial charge in [-0.15, -0.1) is 0 Å². The van der Waals surface area contributed by atoms with E-state index in [-0.39, 0.29) is 22.8 Å². The second-order valence-corrected chi connectivity index (χ2v) is 7.11. The van der Waals surface area contributed by atoms with Crippen LogP contribution in [0.3, 0.4) is 0 Å². The first-order valence-corrected chi connectivity index (χ1v) is 8.28. The molecule has 110 valence electrons. The molecule has 1 fully saturated rings. The van der Waals surface area contributed by atoms with Gasteiger partial charge in [0.1, 0.15) is 0 Å². The molecule has 1 aliphatic rings. The summed E-state index contributed by atoms with van der Waals surface area (Å²) in [5.74, 6) is -0.498. The first kappa shape index (κ1) is 15.0. The Morgan fingerprint density at radius 2 is 2.05 bits per heavy atom. The lowest BCUT2D eigenvalue weighted by molar-refractivity contribution is 0.0696. The standard InChI is InChI=1S/C14H18O5S/c15-14(16)12-2-1-3-13(10-12)20(17,18)9-8-19-7-6-11-4-5-11/h1-3,10-11H,4-9H2,(H,15,16). The smallest absolute Gasteiger partial charge is 0.335 e. The predicted octanol–water partition coefficient (Wildman–Crippen LogP) is 1.98. The van der Waals surface area contributed by atoms with Gasteiger partial charge < -0.3 is 9.84 Å². The Morgan fingerprint density at radius 3 is 2.70 bits per heavy atom. The summed E-state index contributed by atoms with van der Waals surface area (Å²) in [4.78, 5) is 10.9. The van der Waals surface area contributed by atoms with E-state index in [0.29, 0.717) is 6.61 Å². The quantitative estimate of drug-likeness (QED) is 0.742. The summed E-state index contributed by atoms with van der Waals surface area (Å²) in [6.45, 7) is 0.738. The molecule has 5 nitrogen and oxygen atoms in total. The van der Waals surface area contributed by atoms with Crippen LogP contribution >= 0.6 is 0 Å². The van der Waals surface area contributed by atoms with E-state index >= 15 is 0 Å². The van der Waals surface area contributed by atoms with E-state index in [1.165, 1.54) is 37.1 Å². The van der Waals surface area contributed by atoms with Gasteiger partial charge in [0.05, 0.1) is 22.8 Å². The van der Waals surface area contributed by atoms with Gasteiger partial charge in [-0.25, -0.2) is 13.2 Å². The number of carboxylic acids is 1. The van der Waals surface area contributed by atoms with Gasteiger partial charge in [0.2, 0.25) is 0 Å². The maximum absolute atomic E-state index is 12.0. The maximum Gasteiger partial charge on any atom is 0.335 e. The number of aromatic carboxylic acids is 1. The number of carbonyl (C=O) groups is 1. The molecule has 6 heteroatoms. The molecule has 0 unspecified atom stereocenters. The minimum Gasteiger partial charge on any atom is -0.478 e. The zero-order valence-corrected chi connectivity index (χ0v) is 11.9. The van der Waals surface area contributed by atoms with Crippen molar-refractivity contribution in [2.24, 2.45) is 5.92 Å². The van der Waals surface area contributed by atoms with Crippen molar-refractivity contribution < 1.29 is 23.1 Å². The summed E-state index contributed by atoms with van der Waals surface area (Å²) < 4.78 is 29.4. The average molecular weight is 298 g/mol. The molecule has 1 aromatic rings. The molecule has 0 aromatic heterocycles. The Balaban J connectivity index is 1.88. The monoisotopic (exact) mass is 298 g/mol. The van der Waals surface area contributed by atoms with Gasteiger partial charge in [0.15, 0.2) is 9.84 Å². The molecule has 20 heavy (non-hydrogen) atoms. The van der Waals surface area contributed by atoms with Crippen LogP contribution in [0.1, 0.15) is 29.6 Å². The topological polar surface area (TPSA) is 80.7 Å². The fourth-order valence-electron chi connectivity index (χ4n) is 1.87. The molecule has 0 bridgehead atoms. The summed E-state index contributed by atoms with van der Waals surface area (Å²) in [7, 11) is -3.49. The highest BCUT2D eigenvalue weighted by Crippen LogP contribution is 2.32. The summed E-state index contributed by atoms with van der Waals surface area (Å²) in [5.41, 5.74) is -0.0271. The third kappa shape index (κ3) is 4.31. The average Bonchev–Trinajstić information content (AvgIpc) is 3.22. The van der Waals surface area contributed by atoms with Gasteiger partial charge in [-0.2, -0.15) is 0 Å². The van der Waals surface area contributed by atoms with Crippen molar-refractivity contribution in [3.05, 3.63) is 29.8 Å². The molecule has 1 aliphatic carbocycles. The lowest BCUT2D eigenvalue weighted by atomic mass is 10.2. The molecule has 0 atom stereocenters. The lowest BCUT2D eigenvalue weighted by Crippen LogP contribution is -2.14. The Morgan fingerprint density at radius 1 is 1.30 bits per heavy atom. The molecule has 1 N–H and O–H groups in total. The van der Waals surface area contributed by atoms with Gasteiger partial charge in [-0.05, 0) is 30.5 Å². The third-order valence-electron chi connectivity index (χ3n) is 3.30. The number of hydrogen-bond donors (Lipinski definition) is 1. The summed E-state index contributed by atoms with van der Waals surface area (Å²) in [6, 6.07) is 5.39. The molecule has 1 aromatic carbocycles. The second kappa shape index (κ2) is 6.37. The minimum absolute atomic E-state index is 0.0271. The van der Waals surface area contributed by atoms with E-state index in [2.05, 4.69) is 0 Å². The van der Waals surface area contributed by atoms with Crippen LogP contribution in [-0.2, 0) is 14.6 Å². The molecule has 0 aliphatic heterocycles. The highest BCUT2D eigenvalue weighted by atomic mass is 32.2. The number of rotatable bonds is 8. The molecule has 0 spiro atoms. The third-order valence-corrected chi connectivity index (χ3v) is 4.98. The molecular formula is C14H18O5S. The molecule has 2 rings (SSSR count). The Kier molecular flexibility index (Phi) is 4.77. The van der Waals surface area contributed by atoms with Crippen LogP contribution in [0.15, 0.2) is 29.2 Å². The number of carboxylic acid groups (broad SMARTS) is 1. The predicted molar refractivity (Wildman–Crippen MR) is 73.6 cm³/mol.